The van der Waals surface area contributed by atoms with Crippen molar-refractivity contribution in [2.45, 2.75) is 27.2 Å². The SMILES string of the molecule is CCC(C)CSCC(C)CN. The zero-order valence-electron chi connectivity index (χ0n) is 7.97. The Balaban J connectivity index is 3.13. The second-order valence-corrected chi connectivity index (χ2v) is 4.47. The molecule has 0 aromatic carbocycles. The van der Waals surface area contributed by atoms with Crippen molar-refractivity contribution in [3.8, 4) is 0 Å². The van der Waals surface area contributed by atoms with Crippen molar-refractivity contribution in [3.05, 3.63) is 0 Å². The maximum absolute atomic E-state index is 5.51. The highest BCUT2D eigenvalue weighted by Gasteiger charge is 2.01. The Morgan fingerprint density at radius 3 is 2.18 bits per heavy atom. The molecule has 0 amide bonds. The fraction of sp³-hybridized carbons (Fsp3) is 1.00. The molecule has 0 aromatic rings. The van der Waals surface area contributed by atoms with Crippen LogP contribution >= 0.6 is 11.8 Å². The Labute approximate surface area is 75.1 Å². The lowest BCUT2D eigenvalue weighted by Gasteiger charge is -2.10. The number of thioether (sulfide) groups is 1. The lowest BCUT2D eigenvalue weighted by Crippen LogP contribution is -2.13. The summed E-state index contributed by atoms with van der Waals surface area (Å²) < 4.78 is 0. The van der Waals surface area contributed by atoms with Gasteiger partial charge in [0.05, 0.1) is 0 Å². The molecular weight excluding hydrogens is 154 g/mol. The molecule has 0 heterocycles. The molecular formula is C9H21NS. The second kappa shape index (κ2) is 6.99. The summed E-state index contributed by atoms with van der Waals surface area (Å²) in [6, 6.07) is 0. The lowest BCUT2D eigenvalue weighted by atomic mass is 10.2. The smallest absolute Gasteiger partial charge is 0.00296 e. The van der Waals surface area contributed by atoms with E-state index in [9.17, 15) is 0 Å². The highest BCUT2D eigenvalue weighted by atomic mass is 32.2. The Morgan fingerprint density at radius 2 is 1.73 bits per heavy atom. The van der Waals surface area contributed by atoms with Crippen molar-refractivity contribution >= 4 is 11.8 Å². The van der Waals surface area contributed by atoms with Gasteiger partial charge >= 0.3 is 0 Å². The van der Waals surface area contributed by atoms with E-state index in [2.05, 4.69) is 20.8 Å². The first-order valence-corrected chi connectivity index (χ1v) is 5.64. The number of hydrogen-bond donors (Lipinski definition) is 1. The molecule has 1 nitrogen and oxygen atoms in total. The van der Waals surface area contributed by atoms with E-state index >= 15 is 0 Å². The summed E-state index contributed by atoms with van der Waals surface area (Å²) in [4.78, 5) is 0. The van der Waals surface area contributed by atoms with E-state index in [1.54, 1.807) is 0 Å². The molecule has 0 fully saturated rings. The van der Waals surface area contributed by atoms with Crippen molar-refractivity contribution in [3.63, 3.8) is 0 Å². The van der Waals surface area contributed by atoms with Crippen LogP contribution in [-0.2, 0) is 0 Å². The molecule has 11 heavy (non-hydrogen) atoms. The third kappa shape index (κ3) is 6.70. The van der Waals surface area contributed by atoms with E-state index < -0.39 is 0 Å². The van der Waals surface area contributed by atoms with E-state index in [0.29, 0.717) is 5.92 Å². The summed E-state index contributed by atoms with van der Waals surface area (Å²) in [7, 11) is 0. The van der Waals surface area contributed by atoms with Gasteiger partial charge in [0.1, 0.15) is 0 Å². The summed E-state index contributed by atoms with van der Waals surface area (Å²) in [5, 5.41) is 0. The van der Waals surface area contributed by atoms with Crippen LogP contribution < -0.4 is 5.73 Å². The Kier molecular flexibility index (Phi) is 7.18. The second-order valence-electron chi connectivity index (χ2n) is 3.39. The first-order chi connectivity index (χ1) is 5.20. The maximum Gasteiger partial charge on any atom is -0.00296 e. The third-order valence-electron chi connectivity index (χ3n) is 1.90. The quantitative estimate of drug-likeness (QED) is 0.670. The van der Waals surface area contributed by atoms with Gasteiger partial charge in [0.25, 0.3) is 0 Å². The fourth-order valence-electron chi connectivity index (χ4n) is 0.656. The molecule has 0 radical (unpaired) electrons. The van der Waals surface area contributed by atoms with Gasteiger partial charge in [0.15, 0.2) is 0 Å². The van der Waals surface area contributed by atoms with Gasteiger partial charge in [-0.25, -0.2) is 0 Å². The van der Waals surface area contributed by atoms with E-state index in [4.69, 9.17) is 5.73 Å². The summed E-state index contributed by atoms with van der Waals surface area (Å²) in [6.07, 6.45) is 1.30. The molecule has 2 heteroatoms. The number of nitrogens with two attached hydrogens (primary N) is 1. The predicted molar refractivity (Wildman–Crippen MR) is 55.0 cm³/mol. The van der Waals surface area contributed by atoms with Crippen LogP contribution in [-0.4, -0.2) is 18.1 Å². The molecule has 0 spiro atoms. The monoisotopic (exact) mass is 175 g/mol. The molecule has 2 N–H and O–H groups in total. The largest absolute Gasteiger partial charge is 0.330 e. The highest BCUT2D eigenvalue weighted by molar-refractivity contribution is 7.99. The zero-order chi connectivity index (χ0) is 8.69. The first kappa shape index (κ1) is 11.3. The summed E-state index contributed by atoms with van der Waals surface area (Å²) >= 11 is 2.04. The van der Waals surface area contributed by atoms with Crippen LogP contribution in [0.3, 0.4) is 0 Å². The first-order valence-electron chi connectivity index (χ1n) is 4.48. The van der Waals surface area contributed by atoms with Crippen LogP contribution in [0.5, 0.6) is 0 Å². The topological polar surface area (TPSA) is 26.0 Å². The number of rotatable bonds is 6. The van der Waals surface area contributed by atoms with Crippen molar-refractivity contribution in [2.75, 3.05) is 18.1 Å². The van der Waals surface area contributed by atoms with Crippen molar-refractivity contribution in [1.29, 1.82) is 0 Å². The lowest BCUT2D eigenvalue weighted by molar-refractivity contribution is 0.631. The third-order valence-corrected chi connectivity index (χ3v) is 3.51. The van der Waals surface area contributed by atoms with Crippen LogP contribution in [0.15, 0.2) is 0 Å². The normalized spacial score (nSPS) is 16.4. The number of hydrogen-bond acceptors (Lipinski definition) is 2. The van der Waals surface area contributed by atoms with Gasteiger partial charge in [0, 0.05) is 0 Å². The van der Waals surface area contributed by atoms with Gasteiger partial charge < -0.3 is 5.73 Å². The average Bonchev–Trinajstić information content (AvgIpc) is 2.04. The Bertz CT molecular complexity index is 75.6. The van der Waals surface area contributed by atoms with E-state index in [1.807, 2.05) is 11.8 Å². The molecule has 0 aliphatic heterocycles. The molecule has 0 saturated heterocycles. The Hall–Kier alpha value is 0.310. The fourth-order valence-corrected chi connectivity index (χ4v) is 1.97. The van der Waals surface area contributed by atoms with Gasteiger partial charge in [-0.2, -0.15) is 11.8 Å². The van der Waals surface area contributed by atoms with E-state index in [0.717, 1.165) is 12.5 Å². The van der Waals surface area contributed by atoms with Gasteiger partial charge in [0.2, 0.25) is 0 Å². The predicted octanol–water partition coefficient (Wildman–Crippen LogP) is 2.36. The summed E-state index contributed by atoms with van der Waals surface area (Å²) in [5.41, 5.74) is 5.51. The van der Waals surface area contributed by atoms with E-state index in [1.165, 1.54) is 17.9 Å². The van der Waals surface area contributed by atoms with Gasteiger partial charge in [-0.3, -0.25) is 0 Å². The molecule has 2 atom stereocenters. The molecule has 68 valence electrons. The summed E-state index contributed by atoms with van der Waals surface area (Å²) in [6.45, 7) is 7.59. The van der Waals surface area contributed by atoms with Crippen LogP contribution in [0, 0.1) is 11.8 Å². The molecule has 0 saturated carbocycles. The molecule has 2 unspecified atom stereocenters. The molecule has 0 aromatic heterocycles. The minimum absolute atomic E-state index is 0.684. The minimum Gasteiger partial charge on any atom is -0.330 e. The Morgan fingerprint density at radius 1 is 1.18 bits per heavy atom. The van der Waals surface area contributed by atoms with Crippen molar-refractivity contribution < 1.29 is 0 Å². The molecule has 0 rings (SSSR count). The van der Waals surface area contributed by atoms with Crippen LogP contribution in [0.1, 0.15) is 27.2 Å². The summed E-state index contributed by atoms with van der Waals surface area (Å²) in [5.74, 6) is 4.07. The maximum atomic E-state index is 5.51. The van der Waals surface area contributed by atoms with Crippen LogP contribution in [0.2, 0.25) is 0 Å². The van der Waals surface area contributed by atoms with Crippen molar-refractivity contribution in [1.82, 2.24) is 0 Å². The zero-order valence-corrected chi connectivity index (χ0v) is 8.79. The van der Waals surface area contributed by atoms with Gasteiger partial charge in [-0.1, -0.05) is 27.2 Å². The van der Waals surface area contributed by atoms with Crippen LogP contribution in [0.25, 0.3) is 0 Å². The van der Waals surface area contributed by atoms with Crippen LogP contribution in [0.4, 0.5) is 0 Å². The van der Waals surface area contributed by atoms with Gasteiger partial charge in [-0.05, 0) is 29.9 Å². The standard InChI is InChI=1S/C9H21NS/c1-4-8(2)6-11-7-9(3)5-10/h8-9H,4-7,10H2,1-3H3. The minimum atomic E-state index is 0.684. The van der Waals surface area contributed by atoms with E-state index in [-0.39, 0.29) is 0 Å². The van der Waals surface area contributed by atoms with Crippen molar-refractivity contribution in [2.24, 2.45) is 17.6 Å². The highest BCUT2D eigenvalue weighted by Crippen LogP contribution is 2.13. The molecule has 0 aliphatic rings. The van der Waals surface area contributed by atoms with Gasteiger partial charge in [-0.15, -0.1) is 0 Å². The molecule has 0 aliphatic carbocycles. The average molecular weight is 175 g/mol. The molecule has 0 bridgehead atoms.